The van der Waals surface area contributed by atoms with Crippen LogP contribution in [0.4, 0.5) is 5.69 Å². The number of nitrogens with zero attached hydrogens (tertiary/aromatic N) is 1. The molecule has 20 heavy (non-hydrogen) atoms. The van der Waals surface area contributed by atoms with Crippen molar-refractivity contribution in [3.05, 3.63) is 39.9 Å². The molecular formula is C15H22N2O3. The predicted molar refractivity (Wildman–Crippen MR) is 77.7 cm³/mol. The number of nitro benzene ring substituents is 1. The Kier molecular flexibility index (Phi) is 4.73. The van der Waals surface area contributed by atoms with Gasteiger partial charge in [-0.15, -0.1) is 0 Å². The van der Waals surface area contributed by atoms with Crippen molar-refractivity contribution in [3.63, 3.8) is 0 Å². The van der Waals surface area contributed by atoms with Gasteiger partial charge < -0.3 is 10.1 Å². The molecule has 110 valence electrons. The number of rotatable bonds is 8. The second kappa shape index (κ2) is 6.33. The van der Waals surface area contributed by atoms with Crippen LogP contribution in [0.15, 0.2) is 24.3 Å². The molecule has 0 aromatic heterocycles. The average Bonchev–Trinajstić information content (AvgIpc) is 3.23. The zero-order chi connectivity index (χ0) is 14.6. The molecule has 0 aliphatic heterocycles. The van der Waals surface area contributed by atoms with Gasteiger partial charge in [-0.2, -0.15) is 0 Å². The summed E-state index contributed by atoms with van der Waals surface area (Å²) in [5, 5.41) is 14.2. The highest BCUT2D eigenvalue weighted by atomic mass is 16.6. The van der Waals surface area contributed by atoms with Crippen LogP contribution in [0.1, 0.15) is 37.8 Å². The van der Waals surface area contributed by atoms with Crippen molar-refractivity contribution in [2.45, 2.75) is 32.2 Å². The van der Waals surface area contributed by atoms with Crippen LogP contribution < -0.4 is 5.32 Å². The first-order valence-corrected chi connectivity index (χ1v) is 7.03. The zero-order valence-electron chi connectivity index (χ0n) is 12.1. The molecule has 0 amide bonds. The van der Waals surface area contributed by atoms with Crippen molar-refractivity contribution in [1.29, 1.82) is 0 Å². The van der Waals surface area contributed by atoms with Gasteiger partial charge in [0.25, 0.3) is 5.69 Å². The van der Waals surface area contributed by atoms with E-state index in [-0.39, 0.29) is 16.7 Å². The molecule has 0 saturated heterocycles. The van der Waals surface area contributed by atoms with Gasteiger partial charge in [0.05, 0.1) is 4.92 Å². The third-order valence-corrected chi connectivity index (χ3v) is 4.18. The lowest BCUT2D eigenvalue weighted by molar-refractivity contribution is -0.384. The van der Waals surface area contributed by atoms with Gasteiger partial charge in [-0.25, -0.2) is 0 Å². The molecule has 2 rings (SSSR count). The monoisotopic (exact) mass is 278 g/mol. The molecular weight excluding hydrogens is 256 g/mol. The Morgan fingerprint density at radius 1 is 1.40 bits per heavy atom. The highest BCUT2D eigenvalue weighted by Crippen LogP contribution is 2.48. The van der Waals surface area contributed by atoms with Crippen LogP contribution in [-0.2, 0) is 4.74 Å². The van der Waals surface area contributed by atoms with Gasteiger partial charge >= 0.3 is 0 Å². The second-order valence-corrected chi connectivity index (χ2v) is 5.69. The minimum atomic E-state index is -0.369. The number of hydrogen-bond acceptors (Lipinski definition) is 4. The van der Waals surface area contributed by atoms with Crippen molar-refractivity contribution >= 4 is 5.69 Å². The SMILES string of the molecule is COCCC1(CNC(C)c2ccc([N+](=O)[O-])cc2)CC1. The number of methoxy groups -OCH3 is 1. The van der Waals surface area contributed by atoms with E-state index in [1.165, 1.54) is 12.8 Å². The smallest absolute Gasteiger partial charge is 0.269 e. The molecule has 0 radical (unpaired) electrons. The Morgan fingerprint density at radius 2 is 2.05 bits per heavy atom. The molecule has 5 heteroatoms. The third-order valence-electron chi connectivity index (χ3n) is 4.18. The summed E-state index contributed by atoms with van der Waals surface area (Å²) in [5.41, 5.74) is 1.63. The summed E-state index contributed by atoms with van der Waals surface area (Å²) < 4.78 is 5.15. The van der Waals surface area contributed by atoms with Crippen LogP contribution in [0.25, 0.3) is 0 Å². The Morgan fingerprint density at radius 3 is 2.55 bits per heavy atom. The van der Waals surface area contributed by atoms with E-state index >= 15 is 0 Å². The van der Waals surface area contributed by atoms with E-state index in [4.69, 9.17) is 4.74 Å². The largest absolute Gasteiger partial charge is 0.385 e. The molecule has 0 spiro atoms. The lowest BCUT2D eigenvalue weighted by atomic mass is 10.0. The number of ether oxygens (including phenoxy) is 1. The minimum absolute atomic E-state index is 0.139. The molecule has 1 saturated carbocycles. The Balaban J connectivity index is 1.85. The van der Waals surface area contributed by atoms with Crippen LogP contribution in [-0.4, -0.2) is 25.2 Å². The minimum Gasteiger partial charge on any atom is -0.385 e. The first-order chi connectivity index (χ1) is 9.56. The molecule has 1 unspecified atom stereocenters. The molecule has 0 bridgehead atoms. The predicted octanol–water partition coefficient (Wildman–Crippen LogP) is 3.06. The van der Waals surface area contributed by atoms with E-state index in [0.29, 0.717) is 5.41 Å². The standard InChI is InChI=1S/C15H22N2O3/c1-12(13-3-5-14(6-4-13)17(18)19)16-11-15(7-8-15)9-10-20-2/h3-6,12,16H,7-11H2,1-2H3. The molecule has 1 aromatic rings. The molecule has 0 heterocycles. The summed E-state index contributed by atoms with van der Waals surface area (Å²) in [4.78, 5) is 10.3. The first kappa shape index (κ1) is 14.9. The van der Waals surface area contributed by atoms with Crippen LogP contribution in [0.2, 0.25) is 0 Å². The zero-order valence-corrected chi connectivity index (χ0v) is 12.1. The summed E-state index contributed by atoms with van der Waals surface area (Å²) in [7, 11) is 1.74. The van der Waals surface area contributed by atoms with Crippen LogP contribution >= 0.6 is 0 Å². The number of nitrogens with one attached hydrogen (secondary N) is 1. The fraction of sp³-hybridized carbons (Fsp3) is 0.600. The molecule has 1 atom stereocenters. The summed E-state index contributed by atoms with van der Waals surface area (Å²) >= 11 is 0. The number of benzene rings is 1. The van der Waals surface area contributed by atoms with Crippen molar-refractivity contribution in [2.24, 2.45) is 5.41 Å². The third kappa shape index (κ3) is 3.77. The maximum Gasteiger partial charge on any atom is 0.269 e. The fourth-order valence-corrected chi connectivity index (χ4v) is 2.38. The normalized spacial score (nSPS) is 17.7. The maximum atomic E-state index is 10.6. The lowest BCUT2D eigenvalue weighted by Crippen LogP contribution is -2.27. The molecule has 5 nitrogen and oxygen atoms in total. The lowest BCUT2D eigenvalue weighted by Gasteiger charge is -2.20. The van der Waals surface area contributed by atoms with E-state index in [1.807, 2.05) is 12.1 Å². The van der Waals surface area contributed by atoms with E-state index in [9.17, 15) is 10.1 Å². The highest BCUT2D eigenvalue weighted by molar-refractivity contribution is 5.34. The molecule has 1 N–H and O–H groups in total. The van der Waals surface area contributed by atoms with Gasteiger partial charge in [-0.3, -0.25) is 10.1 Å². The summed E-state index contributed by atoms with van der Waals surface area (Å²) in [6, 6.07) is 6.97. The van der Waals surface area contributed by atoms with Gasteiger partial charge in [-0.1, -0.05) is 12.1 Å². The molecule has 1 aliphatic rings. The summed E-state index contributed by atoms with van der Waals surface area (Å²) in [5.74, 6) is 0. The van der Waals surface area contributed by atoms with Crippen molar-refractivity contribution in [3.8, 4) is 0 Å². The Bertz CT molecular complexity index is 455. The summed E-state index contributed by atoms with van der Waals surface area (Å²) in [6.07, 6.45) is 3.62. The van der Waals surface area contributed by atoms with E-state index in [1.54, 1.807) is 19.2 Å². The number of non-ortho nitro benzene ring substituents is 1. The molecule has 1 aliphatic carbocycles. The van der Waals surface area contributed by atoms with Crippen LogP contribution in [0.3, 0.4) is 0 Å². The van der Waals surface area contributed by atoms with Gasteiger partial charge in [0.15, 0.2) is 0 Å². The van der Waals surface area contributed by atoms with E-state index in [2.05, 4.69) is 12.2 Å². The van der Waals surface area contributed by atoms with E-state index in [0.717, 1.165) is 25.1 Å². The highest BCUT2D eigenvalue weighted by Gasteiger charge is 2.41. The van der Waals surface area contributed by atoms with Gasteiger partial charge in [0.2, 0.25) is 0 Å². The number of nitro groups is 1. The number of hydrogen-bond donors (Lipinski definition) is 1. The Hall–Kier alpha value is -1.46. The van der Waals surface area contributed by atoms with Gasteiger partial charge in [-0.05, 0) is 37.2 Å². The van der Waals surface area contributed by atoms with Gasteiger partial charge in [0.1, 0.15) is 0 Å². The Labute approximate surface area is 119 Å². The van der Waals surface area contributed by atoms with Crippen molar-refractivity contribution < 1.29 is 9.66 Å². The average molecular weight is 278 g/mol. The molecule has 1 aromatic carbocycles. The van der Waals surface area contributed by atoms with Crippen molar-refractivity contribution in [1.82, 2.24) is 5.32 Å². The first-order valence-electron chi connectivity index (χ1n) is 7.03. The quantitative estimate of drug-likeness (QED) is 0.586. The topological polar surface area (TPSA) is 64.4 Å². The van der Waals surface area contributed by atoms with Crippen LogP contribution in [0.5, 0.6) is 0 Å². The molecule has 1 fully saturated rings. The fourth-order valence-electron chi connectivity index (χ4n) is 2.38. The summed E-state index contributed by atoms with van der Waals surface area (Å²) in [6.45, 7) is 3.88. The second-order valence-electron chi connectivity index (χ2n) is 5.69. The van der Waals surface area contributed by atoms with Crippen LogP contribution in [0, 0.1) is 15.5 Å². The van der Waals surface area contributed by atoms with Gasteiger partial charge in [0, 0.05) is 38.4 Å². The van der Waals surface area contributed by atoms with E-state index < -0.39 is 0 Å². The maximum absolute atomic E-state index is 10.6. The van der Waals surface area contributed by atoms with Crippen molar-refractivity contribution in [2.75, 3.05) is 20.3 Å².